The van der Waals surface area contributed by atoms with E-state index in [9.17, 15) is 4.79 Å². The van der Waals surface area contributed by atoms with Crippen LogP contribution in [0.25, 0.3) is 11.3 Å². The highest BCUT2D eigenvalue weighted by Gasteiger charge is 2.07. The number of pyridine rings is 1. The average molecular weight is 315 g/mol. The first-order chi connectivity index (χ1) is 10.3. The number of nitrogens with one attached hydrogen (secondary N) is 1. The van der Waals surface area contributed by atoms with Crippen LogP contribution in [0.2, 0.25) is 0 Å². The van der Waals surface area contributed by atoms with Crippen LogP contribution in [0.1, 0.15) is 9.88 Å². The molecule has 3 aromatic rings. The normalized spacial score (nSPS) is 10.5. The van der Waals surface area contributed by atoms with E-state index in [0.717, 1.165) is 21.1 Å². The van der Waals surface area contributed by atoms with E-state index in [1.165, 1.54) is 0 Å². The molecule has 1 N–H and O–H groups in total. The molecular weight excluding hydrogens is 302 g/mol. The Kier molecular flexibility index (Phi) is 4.37. The molecular formula is C15H13N3OS2. The van der Waals surface area contributed by atoms with Gasteiger partial charge < -0.3 is 5.32 Å². The molecule has 4 nitrogen and oxygen atoms in total. The van der Waals surface area contributed by atoms with Crippen molar-refractivity contribution in [3.05, 3.63) is 57.3 Å². The number of rotatable bonds is 5. The minimum Gasteiger partial charge on any atom is -0.349 e. The molecule has 1 amide bonds. The minimum atomic E-state index is 0.0260. The molecule has 0 saturated heterocycles. The van der Waals surface area contributed by atoms with Crippen molar-refractivity contribution in [1.82, 2.24) is 15.3 Å². The Balaban J connectivity index is 1.56. The van der Waals surface area contributed by atoms with Crippen LogP contribution in [-0.4, -0.2) is 15.9 Å². The Labute approximate surface area is 130 Å². The van der Waals surface area contributed by atoms with Gasteiger partial charge in [-0.15, -0.1) is 22.7 Å². The predicted octanol–water partition coefficient (Wildman–Crippen LogP) is 3.13. The fourth-order valence-electron chi connectivity index (χ4n) is 1.86. The molecule has 0 unspecified atom stereocenters. The molecule has 6 heteroatoms. The summed E-state index contributed by atoms with van der Waals surface area (Å²) in [6.07, 6.45) is 3.93. The van der Waals surface area contributed by atoms with Gasteiger partial charge in [-0.3, -0.25) is 9.78 Å². The van der Waals surface area contributed by atoms with Crippen molar-refractivity contribution in [3.8, 4) is 11.3 Å². The van der Waals surface area contributed by atoms with Gasteiger partial charge in [0.05, 0.1) is 18.7 Å². The average Bonchev–Trinajstić information content (AvgIpc) is 3.17. The molecule has 0 saturated carbocycles. The van der Waals surface area contributed by atoms with Gasteiger partial charge in [0.25, 0.3) is 0 Å². The van der Waals surface area contributed by atoms with E-state index >= 15 is 0 Å². The zero-order valence-electron chi connectivity index (χ0n) is 11.2. The van der Waals surface area contributed by atoms with Crippen LogP contribution in [-0.2, 0) is 17.8 Å². The third kappa shape index (κ3) is 3.74. The molecule has 106 valence electrons. The van der Waals surface area contributed by atoms with Gasteiger partial charge in [0.15, 0.2) is 0 Å². The molecule has 0 radical (unpaired) electrons. The predicted molar refractivity (Wildman–Crippen MR) is 85.2 cm³/mol. The number of carbonyl (C=O) groups is 1. The second-order valence-electron chi connectivity index (χ2n) is 4.40. The van der Waals surface area contributed by atoms with Gasteiger partial charge in [-0.25, -0.2) is 4.98 Å². The summed E-state index contributed by atoms with van der Waals surface area (Å²) in [4.78, 5) is 21.4. The molecule has 3 aromatic heterocycles. The lowest BCUT2D eigenvalue weighted by Gasteiger charge is -2.01. The molecule has 0 aliphatic carbocycles. The summed E-state index contributed by atoms with van der Waals surface area (Å²) in [5.41, 5.74) is 1.96. The molecule has 21 heavy (non-hydrogen) atoms. The second kappa shape index (κ2) is 6.60. The van der Waals surface area contributed by atoms with Gasteiger partial charge >= 0.3 is 0 Å². The fraction of sp³-hybridized carbons (Fsp3) is 0.133. The standard InChI is InChI=1S/C15H13N3OS2/c19-14(8-12-2-1-7-20-12)17-9-15-18-13(10-21-15)11-3-5-16-6-4-11/h1-7,10H,8-9H2,(H,17,19). The summed E-state index contributed by atoms with van der Waals surface area (Å²) in [6.45, 7) is 0.472. The van der Waals surface area contributed by atoms with Crippen LogP contribution in [0.3, 0.4) is 0 Å². The van der Waals surface area contributed by atoms with Gasteiger partial charge in [0.2, 0.25) is 5.91 Å². The Morgan fingerprint density at radius 1 is 1.19 bits per heavy atom. The van der Waals surface area contributed by atoms with Crippen molar-refractivity contribution >= 4 is 28.6 Å². The van der Waals surface area contributed by atoms with Gasteiger partial charge in [-0.05, 0) is 23.6 Å². The highest BCUT2D eigenvalue weighted by molar-refractivity contribution is 7.10. The number of hydrogen-bond acceptors (Lipinski definition) is 5. The first-order valence-corrected chi connectivity index (χ1v) is 8.21. The molecule has 0 atom stereocenters. The molecule has 0 aromatic carbocycles. The monoisotopic (exact) mass is 315 g/mol. The Morgan fingerprint density at radius 2 is 2.05 bits per heavy atom. The van der Waals surface area contributed by atoms with Crippen LogP contribution in [0, 0.1) is 0 Å². The van der Waals surface area contributed by atoms with Gasteiger partial charge in [0, 0.05) is 28.2 Å². The van der Waals surface area contributed by atoms with Gasteiger partial charge in [-0.2, -0.15) is 0 Å². The van der Waals surface area contributed by atoms with E-state index in [2.05, 4.69) is 15.3 Å². The number of thiazole rings is 1. The van der Waals surface area contributed by atoms with E-state index in [-0.39, 0.29) is 5.91 Å². The van der Waals surface area contributed by atoms with Crippen LogP contribution in [0.15, 0.2) is 47.4 Å². The summed E-state index contributed by atoms with van der Waals surface area (Å²) in [5, 5.41) is 7.78. The van der Waals surface area contributed by atoms with E-state index in [1.54, 1.807) is 35.1 Å². The summed E-state index contributed by atoms with van der Waals surface area (Å²) in [6, 6.07) is 7.77. The maximum absolute atomic E-state index is 11.8. The zero-order valence-corrected chi connectivity index (χ0v) is 12.8. The summed E-state index contributed by atoms with van der Waals surface area (Å²) in [7, 11) is 0. The molecule has 0 fully saturated rings. The maximum atomic E-state index is 11.8. The molecule has 0 aliphatic heterocycles. The van der Waals surface area contributed by atoms with Crippen molar-refractivity contribution in [1.29, 1.82) is 0 Å². The van der Waals surface area contributed by atoms with Crippen LogP contribution >= 0.6 is 22.7 Å². The quantitative estimate of drug-likeness (QED) is 0.787. The fourth-order valence-corrected chi connectivity index (χ4v) is 3.30. The molecule has 3 rings (SSSR count). The first-order valence-electron chi connectivity index (χ1n) is 6.45. The third-order valence-electron chi connectivity index (χ3n) is 2.88. The number of hydrogen-bond donors (Lipinski definition) is 1. The van der Waals surface area contributed by atoms with E-state index in [4.69, 9.17) is 0 Å². The zero-order chi connectivity index (χ0) is 14.5. The number of aromatic nitrogens is 2. The molecule has 0 spiro atoms. The highest BCUT2D eigenvalue weighted by atomic mass is 32.1. The number of nitrogens with zero attached hydrogens (tertiary/aromatic N) is 2. The molecule has 3 heterocycles. The molecule has 0 aliphatic rings. The Hall–Kier alpha value is -2.05. The SMILES string of the molecule is O=C(Cc1cccs1)NCc1nc(-c2ccncc2)cs1. The van der Waals surface area contributed by atoms with Crippen LogP contribution in [0.5, 0.6) is 0 Å². The lowest BCUT2D eigenvalue weighted by atomic mass is 10.2. The number of carbonyl (C=O) groups excluding carboxylic acids is 1. The van der Waals surface area contributed by atoms with Crippen LogP contribution in [0.4, 0.5) is 0 Å². The molecule has 0 bridgehead atoms. The minimum absolute atomic E-state index is 0.0260. The number of amides is 1. The van der Waals surface area contributed by atoms with Crippen molar-refractivity contribution < 1.29 is 4.79 Å². The Morgan fingerprint density at radius 3 is 2.81 bits per heavy atom. The smallest absolute Gasteiger partial charge is 0.225 e. The largest absolute Gasteiger partial charge is 0.349 e. The summed E-state index contributed by atoms with van der Waals surface area (Å²) < 4.78 is 0. The van der Waals surface area contributed by atoms with Crippen molar-refractivity contribution in [2.45, 2.75) is 13.0 Å². The highest BCUT2D eigenvalue weighted by Crippen LogP contribution is 2.20. The maximum Gasteiger partial charge on any atom is 0.225 e. The third-order valence-corrected chi connectivity index (χ3v) is 4.60. The van der Waals surface area contributed by atoms with Crippen molar-refractivity contribution in [3.63, 3.8) is 0 Å². The lowest BCUT2D eigenvalue weighted by Crippen LogP contribution is -2.24. The lowest BCUT2D eigenvalue weighted by molar-refractivity contribution is -0.120. The van der Waals surface area contributed by atoms with E-state index in [1.807, 2.05) is 35.0 Å². The van der Waals surface area contributed by atoms with E-state index < -0.39 is 0 Å². The van der Waals surface area contributed by atoms with Gasteiger partial charge in [0.1, 0.15) is 5.01 Å². The van der Waals surface area contributed by atoms with Crippen LogP contribution < -0.4 is 5.32 Å². The van der Waals surface area contributed by atoms with Crippen molar-refractivity contribution in [2.24, 2.45) is 0 Å². The Bertz CT molecular complexity index is 708. The summed E-state index contributed by atoms with van der Waals surface area (Å²) in [5.74, 6) is 0.0260. The second-order valence-corrected chi connectivity index (χ2v) is 6.37. The number of thiophene rings is 1. The summed E-state index contributed by atoms with van der Waals surface area (Å²) >= 11 is 3.15. The van der Waals surface area contributed by atoms with Gasteiger partial charge in [-0.1, -0.05) is 6.07 Å². The first kappa shape index (κ1) is 13.9. The van der Waals surface area contributed by atoms with E-state index in [0.29, 0.717) is 13.0 Å². The van der Waals surface area contributed by atoms with Crippen molar-refractivity contribution in [2.75, 3.05) is 0 Å². The topological polar surface area (TPSA) is 54.9 Å².